The van der Waals surface area contributed by atoms with Crippen molar-refractivity contribution in [1.82, 2.24) is 0 Å². The lowest BCUT2D eigenvalue weighted by atomic mass is 9.50. The first-order valence-electron chi connectivity index (χ1n) is 10.2. The highest BCUT2D eigenvalue weighted by atomic mass is 32.2. The number of ether oxygens (including phenoxy) is 2. The zero-order valence-electron chi connectivity index (χ0n) is 16.6. The molecule has 0 saturated heterocycles. The first-order chi connectivity index (χ1) is 14.4. The van der Waals surface area contributed by atoms with Crippen LogP contribution in [-0.4, -0.2) is 48.6 Å². The Morgan fingerprint density at radius 3 is 1.62 bits per heavy atom. The Labute approximate surface area is 178 Å². The van der Waals surface area contributed by atoms with Gasteiger partial charge in [-0.05, 0) is 74.5 Å². The van der Waals surface area contributed by atoms with E-state index < -0.39 is 57.4 Å². The molecule has 0 aromatic carbocycles. The molecule has 5 aliphatic rings. The summed E-state index contributed by atoms with van der Waals surface area (Å²) in [7, 11) is -6.95. The van der Waals surface area contributed by atoms with Crippen LogP contribution in [0, 0.1) is 23.2 Å². The van der Waals surface area contributed by atoms with Gasteiger partial charge in [-0.3, -0.25) is 4.55 Å². The van der Waals surface area contributed by atoms with E-state index in [9.17, 15) is 43.5 Å². The van der Waals surface area contributed by atoms with Crippen LogP contribution in [-0.2, 0) is 19.6 Å². The van der Waals surface area contributed by atoms with Crippen molar-refractivity contribution in [2.24, 2.45) is 23.2 Å². The Hall–Kier alpha value is -0.730. The molecule has 0 aliphatic heterocycles. The standard InChI is InChI=1S/C18H22F8O5S/c19-15(20,16(21,22)31-17(23,24)18(25,26)32(27,28)29)14(1-2-14)30-9-13-6-10-3-11(7-13)5-12(4-10)8-13/h10-12H,1-9H2,(H,27,28,29). The van der Waals surface area contributed by atoms with E-state index in [-0.39, 0.29) is 6.61 Å². The van der Waals surface area contributed by atoms with Gasteiger partial charge in [0.15, 0.2) is 0 Å². The fourth-order valence-electron chi connectivity index (χ4n) is 6.12. The number of hydrogen-bond acceptors (Lipinski definition) is 4. The molecule has 5 fully saturated rings. The third-order valence-electron chi connectivity index (χ3n) is 7.38. The van der Waals surface area contributed by atoms with Crippen LogP contribution < -0.4 is 0 Å². The zero-order chi connectivity index (χ0) is 24.0. The number of hydrogen-bond donors (Lipinski definition) is 1. The average molecular weight is 502 g/mol. The van der Waals surface area contributed by atoms with Crippen molar-refractivity contribution in [3.05, 3.63) is 0 Å². The molecular formula is C18H22F8O5S. The Balaban J connectivity index is 1.49. The van der Waals surface area contributed by atoms with Crippen molar-refractivity contribution in [2.45, 2.75) is 80.4 Å². The lowest BCUT2D eigenvalue weighted by Crippen LogP contribution is -2.60. The summed E-state index contributed by atoms with van der Waals surface area (Å²) < 4.78 is 147. The van der Waals surface area contributed by atoms with Crippen LogP contribution in [0.4, 0.5) is 35.1 Å². The predicted octanol–water partition coefficient (Wildman–Crippen LogP) is 5.07. The topological polar surface area (TPSA) is 72.8 Å². The molecule has 0 radical (unpaired) electrons. The summed E-state index contributed by atoms with van der Waals surface area (Å²) in [5.74, 6) is -4.29. The number of alkyl halides is 8. The smallest absolute Gasteiger partial charge is 0.368 e. The van der Waals surface area contributed by atoms with Crippen molar-refractivity contribution in [3.8, 4) is 0 Å². The zero-order valence-corrected chi connectivity index (χ0v) is 17.4. The molecule has 0 heterocycles. The molecule has 0 unspecified atom stereocenters. The highest BCUT2D eigenvalue weighted by Gasteiger charge is 2.81. The summed E-state index contributed by atoms with van der Waals surface area (Å²) in [5.41, 5.74) is -3.37. The van der Waals surface area contributed by atoms with Crippen molar-refractivity contribution < 1.29 is 57.6 Å². The van der Waals surface area contributed by atoms with E-state index in [2.05, 4.69) is 4.74 Å². The first kappa shape index (κ1) is 24.4. The van der Waals surface area contributed by atoms with Crippen LogP contribution in [0.15, 0.2) is 0 Å². The van der Waals surface area contributed by atoms with Gasteiger partial charge in [-0.1, -0.05) is 0 Å². The molecule has 0 spiro atoms. The molecule has 32 heavy (non-hydrogen) atoms. The van der Waals surface area contributed by atoms with Crippen molar-refractivity contribution >= 4 is 10.1 Å². The highest BCUT2D eigenvalue weighted by molar-refractivity contribution is 7.86. The maximum Gasteiger partial charge on any atom is 0.460 e. The fraction of sp³-hybridized carbons (Fsp3) is 1.00. The fourth-order valence-corrected chi connectivity index (χ4v) is 6.46. The van der Waals surface area contributed by atoms with Gasteiger partial charge in [0.05, 0.1) is 6.61 Å². The Bertz CT molecular complexity index is 835. The molecule has 1 N–H and O–H groups in total. The van der Waals surface area contributed by atoms with Gasteiger partial charge in [0.2, 0.25) is 0 Å². The van der Waals surface area contributed by atoms with Crippen molar-refractivity contribution in [2.75, 3.05) is 6.61 Å². The third-order valence-corrected chi connectivity index (χ3v) is 8.27. The Morgan fingerprint density at radius 1 is 0.812 bits per heavy atom. The average Bonchev–Trinajstić information content (AvgIpc) is 3.38. The second-order valence-electron chi connectivity index (χ2n) is 9.90. The highest BCUT2D eigenvalue weighted by Crippen LogP contribution is 2.63. The molecular weight excluding hydrogens is 480 g/mol. The van der Waals surface area contributed by atoms with Crippen LogP contribution in [0.5, 0.6) is 0 Å². The largest absolute Gasteiger partial charge is 0.460 e. The molecule has 5 nitrogen and oxygen atoms in total. The summed E-state index contributed by atoms with van der Waals surface area (Å²) >= 11 is 0. The maximum atomic E-state index is 14.6. The van der Waals surface area contributed by atoms with Crippen molar-refractivity contribution in [1.29, 1.82) is 0 Å². The van der Waals surface area contributed by atoms with E-state index in [4.69, 9.17) is 9.29 Å². The maximum absolute atomic E-state index is 14.6. The molecule has 14 heteroatoms. The molecule has 0 aromatic rings. The molecule has 0 amide bonds. The summed E-state index contributed by atoms with van der Waals surface area (Å²) in [6.45, 7) is -0.292. The first-order valence-corrected chi connectivity index (χ1v) is 11.6. The van der Waals surface area contributed by atoms with E-state index in [0.717, 1.165) is 19.3 Å². The Kier molecular flexibility index (Phi) is 5.27. The van der Waals surface area contributed by atoms with E-state index in [1.807, 2.05) is 0 Å². The minimum absolute atomic E-state index is 0.292. The summed E-state index contributed by atoms with van der Waals surface area (Å²) in [5, 5.41) is -6.59. The van der Waals surface area contributed by atoms with Crippen LogP contribution in [0.2, 0.25) is 0 Å². The minimum Gasteiger partial charge on any atom is -0.368 e. The Morgan fingerprint density at radius 2 is 1.25 bits per heavy atom. The van der Waals surface area contributed by atoms with E-state index in [0.29, 0.717) is 37.0 Å². The van der Waals surface area contributed by atoms with Crippen LogP contribution in [0.25, 0.3) is 0 Å². The summed E-state index contributed by atoms with van der Waals surface area (Å²) in [6.07, 6.45) is -9.05. The van der Waals surface area contributed by atoms with Crippen LogP contribution >= 0.6 is 0 Å². The normalized spacial score (nSPS) is 34.7. The van der Waals surface area contributed by atoms with Gasteiger partial charge in [0, 0.05) is 0 Å². The van der Waals surface area contributed by atoms with Crippen molar-refractivity contribution in [3.63, 3.8) is 0 Å². The van der Waals surface area contributed by atoms with E-state index in [1.54, 1.807) is 0 Å². The van der Waals surface area contributed by atoms with Gasteiger partial charge in [-0.2, -0.15) is 43.5 Å². The second kappa shape index (κ2) is 6.91. The lowest BCUT2D eigenvalue weighted by molar-refractivity contribution is -0.468. The quantitative estimate of drug-likeness (QED) is 0.352. The third kappa shape index (κ3) is 3.63. The lowest BCUT2D eigenvalue weighted by Gasteiger charge is -2.57. The minimum atomic E-state index is -6.95. The SMILES string of the molecule is O=S(=O)(O)C(F)(F)C(F)(F)OC(F)(F)C(F)(F)C1(OCC23CC4CC(CC(C4)C2)C3)CC1. The van der Waals surface area contributed by atoms with Gasteiger partial charge in [-0.25, -0.2) is 4.74 Å². The van der Waals surface area contributed by atoms with Gasteiger partial charge >= 0.3 is 33.5 Å². The van der Waals surface area contributed by atoms with Gasteiger partial charge in [-0.15, -0.1) is 0 Å². The molecule has 5 rings (SSSR count). The number of rotatable bonds is 9. The molecule has 186 valence electrons. The number of halogens is 8. The second-order valence-corrected chi connectivity index (χ2v) is 11.4. The predicted molar refractivity (Wildman–Crippen MR) is 90.9 cm³/mol. The summed E-state index contributed by atoms with van der Waals surface area (Å²) in [4.78, 5) is 0. The van der Waals surface area contributed by atoms with Gasteiger partial charge < -0.3 is 4.74 Å². The van der Waals surface area contributed by atoms with Gasteiger partial charge in [0.1, 0.15) is 5.60 Å². The monoisotopic (exact) mass is 502 g/mol. The molecule has 0 atom stereocenters. The summed E-state index contributed by atoms with van der Waals surface area (Å²) in [6, 6.07) is 0. The molecule has 5 saturated carbocycles. The molecule has 4 bridgehead atoms. The van der Waals surface area contributed by atoms with Crippen LogP contribution in [0.1, 0.15) is 51.4 Å². The molecule has 0 aromatic heterocycles. The van der Waals surface area contributed by atoms with Gasteiger partial charge in [0.25, 0.3) is 0 Å². The van der Waals surface area contributed by atoms with Crippen LogP contribution in [0.3, 0.4) is 0 Å². The van der Waals surface area contributed by atoms with E-state index >= 15 is 0 Å². The van der Waals surface area contributed by atoms with E-state index in [1.165, 1.54) is 0 Å². The molecule has 5 aliphatic carbocycles.